The van der Waals surface area contributed by atoms with Gasteiger partial charge in [0, 0.05) is 5.56 Å². The van der Waals surface area contributed by atoms with E-state index in [2.05, 4.69) is 4.98 Å². The molecule has 0 N–H and O–H groups in total. The van der Waals surface area contributed by atoms with E-state index in [0.29, 0.717) is 5.56 Å². The zero-order chi connectivity index (χ0) is 17.4. The number of aromatic nitrogens is 1. The Bertz CT molecular complexity index is 769. The number of pyridine rings is 1. The molecule has 2 aromatic rings. The van der Waals surface area contributed by atoms with Crippen LogP contribution in [0.25, 0.3) is 11.3 Å². The molecule has 0 atom stereocenters. The predicted molar refractivity (Wildman–Crippen MR) is 79.9 cm³/mol. The van der Waals surface area contributed by atoms with E-state index in [1.54, 1.807) is 38.1 Å². The number of esters is 1. The summed E-state index contributed by atoms with van der Waals surface area (Å²) in [4.78, 5) is 15.8. The van der Waals surface area contributed by atoms with E-state index < -0.39 is 22.4 Å². The van der Waals surface area contributed by atoms with Crippen molar-refractivity contribution in [1.29, 1.82) is 0 Å². The molecule has 0 fully saturated rings. The van der Waals surface area contributed by atoms with Crippen molar-refractivity contribution in [1.82, 2.24) is 4.98 Å². The third kappa shape index (κ3) is 6.35. The molecule has 0 radical (unpaired) electrons. The van der Waals surface area contributed by atoms with Gasteiger partial charge in [-0.25, -0.2) is 14.2 Å². The summed E-state index contributed by atoms with van der Waals surface area (Å²) in [6.45, 7) is 3.50. The lowest BCUT2D eigenvalue weighted by Gasteiger charge is -2.09. The van der Waals surface area contributed by atoms with Crippen LogP contribution in [0.4, 0.5) is 4.39 Å². The number of ether oxygens (including phenoxy) is 1. The van der Waals surface area contributed by atoms with E-state index in [0.717, 1.165) is 0 Å². The van der Waals surface area contributed by atoms with Crippen molar-refractivity contribution in [2.75, 3.05) is 0 Å². The first-order chi connectivity index (χ1) is 10.8. The number of rotatable bonds is 3. The molecule has 1 aromatic carbocycles. The fourth-order valence-corrected chi connectivity index (χ4v) is 1.63. The second kappa shape index (κ2) is 8.74. The van der Waals surface area contributed by atoms with Crippen LogP contribution in [0.1, 0.15) is 24.3 Å². The number of carbonyl (C=O) groups excluding carboxylic acids is 1. The largest absolute Gasteiger partial charge is 0.458 e. The molecule has 0 saturated heterocycles. The SMILES string of the molecule is CC(C)OC(=O)c1ccc(F)c(-c2ccccc2)n1.O=S(=O)=O. The smallest absolute Gasteiger partial charge is 0.425 e. The highest BCUT2D eigenvalue weighted by atomic mass is 32.2. The average molecular weight is 339 g/mol. The summed E-state index contributed by atoms with van der Waals surface area (Å²) in [5.74, 6) is -1.01. The van der Waals surface area contributed by atoms with Gasteiger partial charge < -0.3 is 4.74 Å². The standard InChI is InChI=1S/C15H14FNO2.O3S/c1-10(2)19-15(18)13-9-8-12(16)14(17-13)11-6-4-3-5-7-11;1-4(2)3/h3-10H,1-2H3;. The van der Waals surface area contributed by atoms with Crippen molar-refractivity contribution >= 4 is 16.6 Å². The van der Waals surface area contributed by atoms with Crippen molar-refractivity contribution in [3.05, 3.63) is 54.0 Å². The van der Waals surface area contributed by atoms with Crippen LogP contribution in [0.15, 0.2) is 42.5 Å². The maximum Gasteiger partial charge on any atom is 0.425 e. The number of carbonyl (C=O) groups is 1. The summed E-state index contributed by atoms with van der Waals surface area (Å²) in [5, 5.41) is 0. The maximum atomic E-state index is 13.8. The fraction of sp³-hybridized carbons (Fsp3) is 0.200. The predicted octanol–water partition coefficient (Wildman–Crippen LogP) is 2.45. The summed E-state index contributed by atoms with van der Waals surface area (Å²) < 4.78 is 44.1. The normalized spacial score (nSPS) is 9.74. The molecule has 23 heavy (non-hydrogen) atoms. The lowest BCUT2D eigenvalue weighted by atomic mass is 10.1. The van der Waals surface area contributed by atoms with Gasteiger partial charge in [-0.1, -0.05) is 30.3 Å². The zero-order valence-electron chi connectivity index (χ0n) is 12.4. The van der Waals surface area contributed by atoms with Crippen LogP contribution in [0.5, 0.6) is 0 Å². The summed E-state index contributed by atoms with van der Waals surface area (Å²) >= 11 is 0. The Hall–Kier alpha value is -2.61. The number of halogens is 1. The van der Waals surface area contributed by atoms with Crippen molar-refractivity contribution in [2.24, 2.45) is 0 Å². The van der Waals surface area contributed by atoms with Gasteiger partial charge in [-0.15, -0.1) is 12.6 Å². The van der Waals surface area contributed by atoms with Gasteiger partial charge in [0.25, 0.3) is 0 Å². The minimum Gasteiger partial charge on any atom is -0.458 e. The summed E-state index contributed by atoms with van der Waals surface area (Å²) in [6, 6.07) is 11.4. The van der Waals surface area contributed by atoms with Crippen LogP contribution in [0.3, 0.4) is 0 Å². The molecule has 0 saturated carbocycles. The van der Waals surface area contributed by atoms with E-state index in [-0.39, 0.29) is 17.5 Å². The molecule has 0 aliphatic heterocycles. The van der Waals surface area contributed by atoms with Gasteiger partial charge in [0.15, 0.2) is 0 Å². The monoisotopic (exact) mass is 339 g/mol. The molecular formula is C15H14FNO5S. The highest BCUT2D eigenvalue weighted by molar-refractivity contribution is 7.59. The van der Waals surface area contributed by atoms with Crippen LogP contribution in [-0.4, -0.2) is 29.7 Å². The van der Waals surface area contributed by atoms with E-state index in [9.17, 15) is 9.18 Å². The highest BCUT2D eigenvalue weighted by Crippen LogP contribution is 2.20. The molecule has 0 aliphatic rings. The molecule has 1 heterocycles. The molecule has 0 amide bonds. The minimum absolute atomic E-state index is 0.106. The Labute approximate surface area is 134 Å². The van der Waals surface area contributed by atoms with Crippen molar-refractivity contribution in [3.63, 3.8) is 0 Å². The molecule has 0 bridgehead atoms. The van der Waals surface area contributed by atoms with Gasteiger partial charge >= 0.3 is 16.6 Å². The van der Waals surface area contributed by atoms with Crippen molar-refractivity contribution < 1.29 is 26.5 Å². The zero-order valence-corrected chi connectivity index (χ0v) is 13.2. The van der Waals surface area contributed by atoms with Gasteiger partial charge in [0.05, 0.1) is 6.10 Å². The molecule has 1 aromatic heterocycles. The van der Waals surface area contributed by atoms with Gasteiger partial charge in [-0.3, -0.25) is 0 Å². The fourth-order valence-electron chi connectivity index (χ4n) is 1.63. The van der Waals surface area contributed by atoms with Crippen LogP contribution in [0.2, 0.25) is 0 Å². The van der Waals surface area contributed by atoms with E-state index in [4.69, 9.17) is 17.4 Å². The molecule has 0 unspecified atom stereocenters. The number of hydrogen-bond donors (Lipinski definition) is 0. The van der Waals surface area contributed by atoms with Crippen LogP contribution in [-0.2, 0) is 15.3 Å². The highest BCUT2D eigenvalue weighted by Gasteiger charge is 2.14. The molecule has 2 rings (SSSR count). The molecule has 6 nitrogen and oxygen atoms in total. The van der Waals surface area contributed by atoms with Crippen LogP contribution >= 0.6 is 0 Å². The second-order valence-corrected chi connectivity index (χ2v) is 4.96. The van der Waals surface area contributed by atoms with Gasteiger partial charge in [0.2, 0.25) is 0 Å². The molecule has 8 heteroatoms. The third-order valence-corrected chi connectivity index (χ3v) is 2.45. The Morgan fingerprint density at radius 2 is 1.65 bits per heavy atom. The van der Waals surface area contributed by atoms with Crippen LogP contribution < -0.4 is 0 Å². The van der Waals surface area contributed by atoms with Crippen molar-refractivity contribution in [3.8, 4) is 11.3 Å². The van der Waals surface area contributed by atoms with Gasteiger partial charge in [0.1, 0.15) is 17.2 Å². The van der Waals surface area contributed by atoms with Gasteiger partial charge in [-0.05, 0) is 26.0 Å². The Morgan fingerprint density at radius 3 is 2.17 bits per heavy atom. The van der Waals surface area contributed by atoms with Crippen molar-refractivity contribution in [2.45, 2.75) is 20.0 Å². The lowest BCUT2D eigenvalue weighted by Crippen LogP contribution is -2.13. The van der Waals surface area contributed by atoms with Gasteiger partial charge in [-0.2, -0.15) is 0 Å². The topological polar surface area (TPSA) is 90.4 Å². The molecule has 0 spiro atoms. The Balaban J connectivity index is 0.000000593. The first kappa shape index (κ1) is 18.4. The first-order valence-corrected chi connectivity index (χ1v) is 7.51. The first-order valence-electron chi connectivity index (χ1n) is 6.51. The maximum absolute atomic E-state index is 13.8. The number of nitrogens with zero attached hydrogens (tertiary/aromatic N) is 1. The molecule has 0 aliphatic carbocycles. The summed E-state index contributed by atoms with van der Waals surface area (Å²) in [6.07, 6.45) is -0.237. The summed E-state index contributed by atoms with van der Waals surface area (Å²) in [5.41, 5.74) is 0.881. The Morgan fingerprint density at radius 1 is 1.09 bits per heavy atom. The molecular weight excluding hydrogens is 325 g/mol. The number of hydrogen-bond acceptors (Lipinski definition) is 6. The third-order valence-electron chi connectivity index (χ3n) is 2.45. The van der Waals surface area contributed by atoms with E-state index in [1.165, 1.54) is 12.1 Å². The minimum atomic E-state index is -3.11. The van der Waals surface area contributed by atoms with Crippen LogP contribution in [0, 0.1) is 5.82 Å². The average Bonchev–Trinajstić information content (AvgIpc) is 2.47. The number of benzene rings is 1. The Kier molecular flexibility index (Phi) is 7.01. The quantitative estimate of drug-likeness (QED) is 0.798. The lowest BCUT2D eigenvalue weighted by molar-refractivity contribution is 0.0371. The van der Waals surface area contributed by atoms with E-state index in [1.807, 2.05) is 6.07 Å². The second-order valence-electron chi connectivity index (χ2n) is 4.55. The summed E-state index contributed by atoms with van der Waals surface area (Å²) in [7, 11) is -3.11. The van der Waals surface area contributed by atoms with E-state index >= 15 is 0 Å². The molecule has 122 valence electrons.